The molecule has 1 unspecified atom stereocenters. The lowest BCUT2D eigenvalue weighted by Crippen LogP contribution is -2.50. The fourth-order valence-corrected chi connectivity index (χ4v) is 2.59. The van der Waals surface area contributed by atoms with E-state index in [2.05, 4.69) is 15.4 Å². The van der Waals surface area contributed by atoms with E-state index in [-0.39, 0.29) is 12.1 Å². The molecule has 1 aliphatic rings. The van der Waals surface area contributed by atoms with Crippen molar-refractivity contribution in [2.75, 3.05) is 13.1 Å². The molecule has 0 saturated carbocycles. The van der Waals surface area contributed by atoms with Gasteiger partial charge in [-0.05, 0) is 40.0 Å². The van der Waals surface area contributed by atoms with Crippen molar-refractivity contribution < 1.29 is 9.53 Å². The molecule has 2 heterocycles. The highest BCUT2D eigenvalue weighted by molar-refractivity contribution is 5.68. The summed E-state index contributed by atoms with van der Waals surface area (Å²) in [6, 6.07) is 0.173. The number of piperidine rings is 1. The van der Waals surface area contributed by atoms with Crippen molar-refractivity contribution in [1.82, 2.24) is 25.0 Å². The van der Waals surface area contributed by atoms with Gasteiger partial charge in [0.25, 0.3) is 0 Å². The highest BCUT2D eigenvalue weighted by Crippen LogP contribution is 2.20. The summed E-state index contributed by atoms with van der Waals surface area (Å²) in [5.74, 6) is 0.766. The van der Waals surface area contributed by atoms with Crippen LogP contribution in [0.25, 0.3) is 0 Å². The first-order valence-electron chi connectivity index (χ1n) is 7.90. The highest BCUT2D eigenvalue weighted by atomic mass is 16.6. The van der Waals surface area contributed by atoms with E-state index in [4.69, 9.17) is 4.74 Å². The second kappa shape index (κ2) is 7.09. The first-order valence-corrected chi connectivity index (χ1v) is 7.90. The molecule has 1 N–H and O–H groups in total. The number of likely N-dealkylation sites (tertiary alicyclic amines) is 1. The normalized spacial score (nSPS) is 19.3. The highest BCUT2D eigenvalue weighted by Gasteiger charge is 2.30. The van der Waals surface area contributed by atoms with E-state index in [1.54, 1.807) is 11.0 Å². The fraction of sp³-hybridized carbons (Fsp3) is 0.800. The van der Waals surface area contributed by atoms with Gasteiger partial charge in [-0.2, -0.15) is 5.10 Å². The quantitative estimate of drug-likeness (QED) is 0.916. The number of nitrogens with zero attached hydrogens (tertiary/aromatic N) is 4. The van der Waals surface area contributed by atoms with Crippen molar-refractivity contribution in [2.45, 2.75) is 58.2 Å². The van der Waals surface area contributed by atoms with Gasteiger partial charge in [0.05, 0.1) is 6.54 Å². The number of ether oxygens (including phenoxy) is 1. The predicted octanol–water partition coefficient (Wildman–Crippen LogP) is 1.69. The molecule has 1 fully saturated rings. The number of amides is 1. The van der Waals surface area contributed by atoms with Gasteiger partial charge in [-0.1, -0.05) is 0 Å². The van der Waals surface area contributed by atoms with Crippen LogP contribution >= 0.6 is 0 Å². The summed E-state index contributed by atoms with van der Waals surface area (Å²) in [5, 5.41) is 7.58. The minimum atomic E-state index is -0.454. The lowest BCUT2D eigenvalue weighted by atomic mass is 10.0. The Morgan fingerprint density at radius 1 is 1.45 bits per heavy atom. The molecule has 7 nitrogen and oxygen atoms in total. The molecule has 2 rings (SSSR count). The summed E-state index contributed by atoms with van der Waals surface area (Å²) >= 11 is 0. The number of carbonyl (C=O) groups is 1. The van der Waals surface area contributed by atoms with Gasteiger partial charge in [0.15, 0.2) is 5.82 Å². The summed E-state index contributed by atoms with van der Waals surface area (Å²) in [4.78, 5) is 18.3. The van der Waals surface area contributed by atoms with Crippen molar-refractivity contribution in [3.63, 3.8) is 0 Å². The molecule has 1 aromatic rings. The van der Waals surface area contributed by atoms with Crippen LogP contribution in [0.1, 0.15) is 45.9 Å². The number of carbonyl (C=O) groups excluding carboxylic acids is 1. The van der Waals surface area contributed by atoms with Gasteiger partial charge in [-0.25, -0.2) is 9.78 Å². The second-order valence-corrected chi connectivity index (χ2v) is 6.79. The van der Waals surface area contributed by atoms with Gasteiger partial charge in [0.1, 0.15) is 11.9 Å². The number of aryl methyl sites for hydroxylation is 1. The van der Waals surface area contributed by atoms with Crippen molar-refractivity contribution in [1.29, 1.82) is 0 Å². The van der Waals surface area contributed by atoms with Crippen LogP contribution in [-0.4, -0.2) is 50.5 Å². The zero-order valence-corrected chi connectivity index (χ0v) is 14.0. The average molecular weight is 309 g/mol. The van der Waals surface area contributed by atoms with Crippen molar-refractivity contribution in [3.8, 4) is 0 Å². The summed E-state index contributed by atoms with van der Waals surface area (Å²) in [5.41, 5.74) is -0.454. The third-order valence-electron chi connectivity index (χ3n) is 3.57. The third kappa shape index (κ3) is 4.98. The summed E-state index contributed by atoms with van der Waals surface area (Å²) in [6.07, 6.45) is 4.66. The lowest BCUT2D eigenvalue weighted by Gasteiger charge is -2.36. The van der Waals surface area contributed by atoms with Crippen LogP contribution in [-0.2, 0) is 18.3 Å². The van der Waals surface area contributed by atoms with Crippen LogP contribution in [0, 0.1) is 0 Å². The molecule has 1 aliphatic heterocycles. The Morgan fingerprint density at radius 2 is 2.23 bits per heavy atom. The van der Waals surface area contributed by atoms with Crippen LogP contribution < -0.4 is 5.32 Å². The van der Waals surface area contributed by atoms with Crippen molar-refractivity contribution >= 4 is 6.09 Å². The number of aromatic nitrogens is 3. The van der Waals surface area contributed by atoms with E-state index < -0.39 is 5.60 Å². The van der Waals surface area contributed by atoms with E-state index in [0.29, 0.717) is 6.54 Å². The molecular formula is C15H27N5O2. The molecule has 7 heteroatoms. The molecule has 0 bridgehead atoms. The Bertz CT molecular complexity index is 494. The van der Waals surface area contributed by atoms with Gasteiger partial charge in [0, 0.05) is 26.2 Å². The van der Waals surface area contributed by atoms with E-state index >= 15 is 0 Å². The van der Waals surface area contributed by atoms with E-state index in [1.807, 2.05) is 32.7 Å². The number of rotatable bonds is 4. The van der Waals surface area contributed by atoms with Gasteiger partial charge < -0.3 is 15.0 Å². The van der Waals surface area contributed by atoms with Crippen molar-refractivity contribution in [3.05, 3.63) is 12.2 Å². The standard InChI is InChI=1S/C15H27N5O2/c1-15(2,3)22-14(21)20-8-6-5-7-12(20)9-16-10-13-17-11-19(4)18-13/h11-12,16H,5-10H2,1-4H3. The maximum atomic E-state index is 12.3. The van der Waals surface area contributed by atoms with Crippen LogP contribution in [0.15, 0.2) is 6.33 Å². The first-order chi connectivity index (χ1) is 10.3. The van der Waals surface area contributed by atoms with Crippen LogP contribution in [0.5, 0.6) is 0 Å². The molecule has 0 aromatic carbocycles. The van der Waals surface area contributed by atoms with Gasteiger partial charge in [0.2, 0.25) is 0 Å². The molecule has 0 spiro atoms. The Hall–Kier alpha value is -1.63. The van der Waals surface area contributed by atoms with Crippen LogP contribution in [0.3, 0.4) is 0 Å². The molecule has 0 aliphatic carbocycles. The summed E-state index contributed by atoms with van der Waals surface area (Å²) in [7, 11) is 1.85. The monoisotopic (exact) mass is 309 g/mol. The van der Waals surface area contributed by atoms with Gasteiger partial charge in [-0.3, -0.25) is 4.68 Å². The minimum Gasteiger partial charge on any atom is -0.444 e. The Kier molecular flexibility index (Phi) is 5.39. The maximum Gasteiger partial charge on any atom is 0.410 e. The molecule has 0 radical (unpaired) electrons. The van der Waals surface area contributed by atoms with Crippen LogP contribution in [0.2, 0.25) is 0 Å². The average Bonchev–Trinajstić information content (AvgIpc) is 2.83. The Balaban J connectivity index is 1.85. The molecule has 1 saturated heterocycles. The van der Waals surface area contributed by atoms with E-state index in [9.17, 15) is 4.79 Å². The number of hydrogen-bond donors (Lipinski definition) is 1. The number of nitrogens with one attached hydrogen (secondary N) is 1. The fourth-order valence-electron chi connectivity index (χ4n) is 2.59. The Labute approximate surface area is 132 Å². The van der Waals surface area contributed by atoms with E-state index in [0.717, 1.165) is 38.2 Å². The number of hydrogen-bond acceptors (Lipinski definition) is 5. The first kappa shape index (κ1) is 16.7. The predicted molar refractivity (Wildman–Crippen MR) is 83.3 cm³/mol. The lowest BCUT2D eigenvalue weighted by molar-refractivity contribution is 0.00992. The molecule has 22 heavy (non-hydrogen) atoms. The van der Waals surface area contributed by atoms with Gasteiger partial charge >= 0.3 is 6.09 Å². The molecule has 1 aromatic heterocycles. The Morgan fingerprint density at radius 3 is 2.86 bits per heavy atom. The molecule has 1 atom stereocenters. The van der Waals surface area contributed by atoms with Crippen LogP contribution in [0.4, 0.5) is 4.79 Å². The maximum absolute atomic E-state index is 12.3. The largest absolute Gasteiger partial charge is 0.444 e. The molecular weight excluding hydrogens is 282 g/mol. The van der Waals surface area contributed by atoms with Gasteiger partial charge in [-0.15, -0.1) is 0 Å². The third-order valence-corrected chi connectivity index (χ3v) is 3.57. The summed E-state index contributed by atoms with van der Waals surface area (Å²) < 4.78 is 7.19. The summed E-state index contributed by atoms with van der Waals surface area (Å²) in [6.45, 7) is 7.80. The smallest absolute Gasteiger partial charge is 0.410 e. The SMILES string of the molecule is Cn1cnc(CNCC2CCCCN2C(=O)OC(C)(C)C)n1. The second-order valence-electron chi connectivity index (χ2n) is 6.79. The molecule has 124 valence electrons. The zero-order chi connectivity index (χ0) is 16.2. The zero-order valence-electron chi connectivity index (χ0n) is 14.0. The van der Waals surface area contributed by atoms with E-state index in [1.165, 1.54) is 0 Å². The molecule has 1 amide bonds. The van der Waals surface area contributed by atoms with Crippen molar-refractivity contribution in [2.24, 2.45) is 7.05 Å². The minimum absolute atomic E-state index is 0.173. The topological polar surface area (TPSA) is 72.3 Å².